The van der Waals surface area contributed by atoms with Crippen molar-refractivity contribution in [1.29, 1.82) is 0 Å². The van der Waals surface area contributed by atoms with E-state index in [4.69, 9.17) is 4.74 Å². The lowest BCUT2D eigenvalue weighted by Gasteiger charge is -2.13. The molecule has 0 aliphatic carbocycles. The quantitative estimate of drug-likeness (QED) is 0.280. The van der Waals surface area contributed by atoms with Crippen LogP contribution in [0.15, 0.2) is 47.5 Å². The number of methoxy groups -OCH3 is 1. The number of phenols is 1. The second-order valence-corrected chi connectivity index (χ2v) is 6.74. The number of carbonyl (C=O) groups excluding carboxylic acids is 1. The van der Waals surface area contributed by atoms with Crippen LogP contribution in [-0.2, 0) is 13.0 Å². The van der Waals surface area contributed by atoms with E-state index >= 15 is 0 Å². The summed E-state index contributed by atoms with van der Waals surface area (Å²) in [6.45, 7) is 3.71. The third-order valence-corrected chi connectivity index (χ3v) is 4.34. The molecule has 0 heterocycles. The Labute approximate surface area is 195 Å². The Balaban J connectivity index is 0.00000450. The number of nitrogens with one attached hydrogen (secondary N) is 2. The van der Waals surface area contributed by atoms with Crippen LogP contribution in [0.5, 0.6) is 11.5 Å². The van der Waals surface area contributed by atoms with E-state index in [2.05, 4.69) is 15.6 Å². The van der Waals surface area contributed by atoms with Crippen LogP contribution in [0.3, 0.4) is 0 Å². The van der Waals surface area contributed by atoms with Crippen molar-refractivity contribution in [1.82, 2.24) is 15.5 Å². The molecule has 8 heteroatoms. The Hall–Kier alpha value is -2.49. The lowest BCUT2D eigenvalue weighted by atomic mass is 10.1. The molecule has 0 aliphatic heterocycles. The van der Waals surface area contributed by atoms with Gasteiger partial charge in [-0.2, -0.15) is 0 Å². The van der Waals surface area contributed by atoms with E-state index in [1.165, 1.54) is 7.11 Å². The van der Waals surface area contributed by atoms with Gasteiger partial charge in [0.25, 0.3) is 5.91 Å². The summed E-state index contributed by atoms with van der Waals surface area (Å²) in [5.74, 6) is 1.20. The number of benzene rings is 2. The van der Waals surface area contributed by atoms with Gasteiger partial charge in [0.05, 0.1) is 13.7 Å². The minimum absolute atomic E-state index is 0. The van der Waals surface area contributed by atoms with Crippen LogP contribution in [0, 0.1) is 0 Å². The standard InChI is InChI=1S/C22H30N4O3.HI/c1-5-23-22(25-15-18-10-7-11-19(29-4)20(18)27)24-13-12-16-8-6-9-17(14-16)21(28)26(2)3;/h6-11,14,27H,5,12-13,15H2,1-4H3,(H2,23,24,25);1H. The fourth-order valence-electron chi connectivity index (χ4n) is 2.81. The molecule has 0 bridgehead atoms. The van der Waals surface area contributed by atoms with Crippen LogP contribution in [0.2, 0.25) is 0 Å². The van der Waals surface area contributed by atoms with Gasteiger partial charge in [0.1, 0.15) is 0 Å². The molecule has 2 rings (SSSR count). The first-order valence-electron chi connectivity index (χ1n) is 9.63. The van der Waals surface area contributed by atoms with Crippen LogP contribution in [0.25, 0.3) is 0 Å². The highest BCUT2D eigenvalue weighted by molar-refractivity contribution is 14.0. The maximum Gasteiger partial charge on any atom is 0.253 e. The first-order valence-corrected chi connectivity index (χ1v) is 9.63. The first kappa shape index (κ1) is 25.5. The van der Waals surface area contributed by atoms with Gasteiger partial charge in [-0.05, 0) is 37.1 Å². The van der Waals surface area contributed by atoms with E-state index in [0.29, 0.717) is 35.9 Å². The zero-order chi connectivity index (χ0) is 21.2. The molecule has 0 atom stereocenters. The molecular formula is C22H31IN4O3. The summed E-state index contributed by atoms with van der Waals surface area (Å²) in [5, 5.41) is 16.7. The molecule has 7 nitrogen and oxygen atoms in total. The highest BCUT2D eigenvalue weighted by Gasteiger charge is 2.09. The van der Waals surface area contributed by atoms with Crippen LogP contribution in [-0.4, -0.2) is 56.2 Å². The summed E-state index contributed by atoms with van der Waals surface area (Å²) in [7, 11) is 5.01. The van der Waals surface area contributed by atoms with Gasteiger partial charge in [-0.1, -0.05) is 24.3 Å². The van der Waals surface area contributed by atoms with Gasteiger partial charge in [-0.15, -0.1) is 24.0 Å². The normalized spacial score (nSPS) is 10.7. The Kier molecular flexibility index (Phi) is 11.0. The van der Waals surface area contributed by atoms with Crippen LogP contribution >= 0.6 is 24.0 Å². The predicted octanol–water partition coefficient (Wildman–Crippen LogP) is 3.02. The lowest BCUT2D eigenvalue weighted by molar-refractivity contribution is 0.0827. The third-order valence-electron chi connectivity index (χ3n) is 4.34. The summed E-state index contributed by atoms with van der Waals surface area (Å²) >= 11 is 0. The summed E-state index contributed by atoms with van der Waals surface area (Å²) in [4.78, 5) is 18.2. The monoisotopic (exact) mass is 526 g/mol. The second kappa shape index (κ2) is 12.9. The molecule has 1 amide bonds. The Morgan fingerprint density at radius 3 is 2.57 bits per heavy atom. The Morgan fingerprint density at radius 2 is 1.90 bits per heavy atom. The molecule has 0 aromatic heterocycles. The van der Waals surface area contributed by atoms with Crippen molar-refractivity contribution in [2.75, 3.05) is 34.3 Å². The number of nitrogens with zero attached hydrogens (tertiary/aromatic N) is 2. The molecule has 0 fully saturated rings. The van der Waals surface area contributed by atoms with Crippen LogP contribution in [0.1, 0.15) is 28.4 Å². The number of para-hydroxylation sites is 1. The molecule has 164 valence electrons. The van der Waals surface area contributed by atoms with Gasteiger partial charge in [-0.3, -0.25) is 4.79 Å². The minimum Gasteiger partial charge on any atom is -0.504 e. The topological polar surface area (TPSA) is 86.2 Å². The smallest absolute Gasteiger partial charge is 0.253 e. The number of aromatic hydroxyl groups is 1. The highest BCUT2D eigenvalue weighted by Crippen LogP contribution is 2.29. The van der Waals surface area contributed by atoms with E-state index in [0.717, 1.165) is 18.5 Å². The first-order chi connectivity index (χ1) is 14.0. The van der Waals surface area contributed by atoms with E-state index in [1.54, 1.807) is 25.1 Å². The molecule has 3 N–H and O–H groups in total. The van der Waals surface area contributed by atoms with Crippen molar-refractivity contribution in [3.05, 3.63) is 59.2 Å². The number of hydrogen-bond donors (Lipinski definition) is 3. The summed E-state index contributed by atoms with van der Waals surface area (Å²) in [5.41, 5.74) is 2.45. The molecule has 0 unspecified atom stereocenters. The Morgan fingerprint density at radius 1 is 1.17 bits per heavy atom. The van der Waals surface area contributed by atoms with Crippen molar-refractivity contribution in [3.63, 3.8) is 0 Å². The predicted molar refractivity (Wildman–Crippen MR) is 131 cm³/mol. The van der Waals surface area contributed by atoms with Gasteiger partial charge in [0.15, 0.2) is 17.5 Å². The Bertz CT molecular complexity index is 856. The number of ether oxygens (including phenoxy) is 1. The zero-order valence-corrected chi connectivity index (χ0v) is 20.3. The maximum absolute atomic E-state index is 12.1. The lowest BCUT2D eigenvalue weighted by Crippen LogP contribution is -2.38. The number of guanidine groups is 1. The number of rotatable bonds is 8. The highest BCUT2D eigenvalue weighted by atomic mass is 127. The van der Waals surface area contributed by atoms with E-state index in [-0.39, 0.29) is 35.6 Å². The van der Waals surface area contributed by atoms with Gasteiger partial charge >= 0.3 is 0 Å². The number of aliphatic imine (C=N–C) groups is 1. The number of amides is 1. The number of carbonyl (C=O) groups is 1. The van der Waals surface area contributed by atoms with Crippen molar-refractivity contribution < 1.29 is 14.6 Å². The summed E-state index contributed by atoms with van der Waals surface area (Å²) < 4.78 is 5.14. The fourth-order valence-corrected chi connectivity index (χ4v) is 2.81. The van der Waals surface area contributed by atoms with E-state index in [9.17, 15) is 9.90 Å². The number of halogens is 1. The third kappa shape index (κ3) is 7.40. The van der Waals surface area contributed by atoms with Crippen LogP contribution in [0.4, 0.5) is 0 Å². The van der Waals surface area contributed by atoms with Crippen LogP contribution < -0.4 is 15.4 Å². The molecule has 0 radical (unpaired) electrons. The summed E-state index contributed by atoms with van der Waals surface area (Å²) in [6, 6.07) is 13.0. The van der Waals surface area contributed by atoms with Crippen molar-refractivity contribution >= 4 is 35.8 Å². The van der Waals surface area contributed by atoms with Gasteiger partial charge < -0.3 is 25.4 Å². The van der Waals surface area contributed by atoms with E-state index in [1.807, 2.05) is 43.3 Å². The number of hydrogen-bond acceptors (Lipinski definition) is 4. The maximum atomic E-state index is 12.1. The molecule has 0 spiro atoms. The summed E-state index contributed by atoms with van der Waals surface area (Å²) in [6.07, 6.45) is 0.753. The average Bonchev–Trinajstić information content (AvgIpc) is 2.72. The zero-order valence-electron chi connectivity index (χ0n) is 17.9. The van der Waals surface area contributed by atoms with Crippen molar-refractivity contribution in [3.8, 4) is 11.5 Å². The minimum atomic E-state index is -0.00666. The largest absolute Gasteiger partial charge is 0.504 e. The molecule has 2 aromatic carbocycles. The molecule has 2 aromatic rings. The molecule has 0 saturated heterocycles. The van der Waals surface area contributed by atoms with Crippen molar-refractivity contribution in [2.24, 2.45) is 4.99 Å². The second-order valence-electron chi connectivity index (χ2n) is 6.74. The average molecular weight is 526 g/mol. The SMILES string of the molecule is CCNC(=NCc1cccc(OC)c1O)NCCc1cccc(C(=O)N(C)C)c1.I. The fraction of sp³-hybridized carbons (Fsp3) is 0.364. The molecule has 30 heavy (non-hydrogen) atoms. The van der Waals surface area contributed by atoms with Gasteiger partial charge in [-0.25, -0.2) is 4.99 Å². The molecular weight excluding hydrogens is 495 g/mol. The molecule has 0 saturated carbocycles. The van der Waals surface area contributed by atoms with Gasteiger partial charge in [0, 0.05) is 38.3 Å². The molecule has 0 aliphatic rings. The van der Waals surface area contributed by atoms with E-state index < -0.39 is 0 Å². The van der Waals surface area contributed by atoms with Gasteiger partial charge in [0.2, 0.25) is 0 Å². The van der Waals surface area contributed by atoms with Crippen molar-refractivity contribution in [2.45, 2.75) is 19.9 Å². The number of phenolic OH excluding ortho intramolecular Hbond substituents is 1.